The van der Waals surface area contributed by atoms with Crippen LogP contribution in [-0.4, -0.2) is 43.8 Å². The average molecular weight is 425 g/mol. The van der Waals surface area contributed by atoms with Gasteiger partial charge in [0.05, 0.1) is 25.4 Å². The summed E-state index contributed by atoms with van der Waals surface area (Å²) in [4.78, 5) is 15.3. The molecule has 0 saturated carbocycles. The van der Waals surface area contributed by atoms with Gasteiger partial charge < -0.3 is 24.4 Å². The molecular formula is C25H32N2O4. The van der Waals surface area contributed by atoms with Crippen molar-refractivity contribution in [3.8, 4) is 11.5 Å². The summed E-state index contributed by atoms with van der Waals surface area (Å²) in [6.45, 7) is 6.31. The van der Waals surface area contributed by atoms with Crippen molar-refractivity contribution in [2.24, 2.45) is 5.92 Å². The Balaban J connectivity index is 1.62. The van der Waals surface area contributed by atoms with E-state index in [9.17, 15) is 4.79 Å². The van der Waals surface area contributed by atoms with Crippen LogP contribution in [0.3, 0.4) is 0 Å². The third kappa shape index (κ3) is 4.79. The molecule has 1 amide bonds. The van der Waals surface area contributed by atoms with Gasteiger partial charge in [0.15, 0.2) is 11.5 Å². The van der Waals surface area contributed by atoms with E-state index in [1.807, 2.05) is 47.4 Å². The number of benzene rings is 2. The highest BCUT2D eigenvalue weighted by Crippen LogP contribution is 2.37. The maximum absolute atomic E-state index is 13.4. The summed E-state index contributed by atoms with van der Waals surface area (Å²) in [6.07, 6.45) is 2.77. The van der Waals surface area contributed by atoms with E-state index in [1.54, 1.807) is 7.11 Å². The molecule has 31 heavy (non-hydrogen) atoms. The number of amides is 1. The summed E-state index contributed by atoms with van der Waals surface area (Å²) in [7, 11) is 1.65. The largest absolute Gasteiger partial charge is 0.493 e. The van der Waals surface area contributed by atoms with Crippen molar-refractivity contribution in [1.29, 1.82) is 0 Å². The fourth-order valence-corrected chi connectivity index (χ4v) is 4.13. The van der Waals surface area contributed by atoms with Gasteiger partial charge in [-0.1, -0.05) is 32.0 Å². The number of hydrogen-bond acceptors (Lipinski definition) is 5. The van der Waals surface area contributed by atoms with Crippen molar-refractivity contribution < 1.29 is 19.0 Å². The minimum absolute atomic E-state index is 0.0195. The Kier molecular flexibility index (Phi) is 6.66. The van der Waals surface area contributed by atoms with Gasteiger partial charge >= 0.3 is 0 Å². The van der Waals surface area contributed by atoms with Gasteiger partial charge in [-0.3, -0.25) is 4.79 Å². The number of carbonyl (C=O) groups is 1. The third-order valence-electron chi connectivity index (χ3n) is 5.90. The number of fused-ring (bicyclic) bond motifs is 1. The van der Waals surface area contributed by atoms with E-state index in [0.717, 1.165) is 42.9 Å². The first-order valence-electron chi connectivity index (χ1n) is 11.2. The smallest absolute Gasteiger partial charge is 0.257 e. The lowest BCUT2D eigenvalue weighted by Crippen LogP contribution is -2.46. The highest BCUT2D eigenvalue weighted by atomic mass is 16.5. The molecule has 2 aromatic rings. The summed E-state index contributed by atoms with van der Waals surface area (Å²) in [5.41, 5.74) is 2.49. The van der Waals surface area contributed by atoms with Gasteiger partial charge in [0, 0.05) is 18.8 Å². The van der Waals surface area contributed by atoms with Crippen molar-refractivity contribution in [3.63, 3.8) is 0 Å². The highest BCUT2D eigenvalue weighted by molar-refractivity contribution is 6.01. The Morgan fingerprint density at radius 2 is 2.03 bits per heavy atom. The van der Waals surface area contributed by atoms with E-state index in [1.165, 1.54) is 0 Å². The van der Waals surface area contributed by atoms with Gasteiger partial charge in [-0.25, -0.2) is 0 Å². The molecule has 1 N–H and O–H groups in total. The number of hydrogen-bond donors (Lipinski definition) is 1. The minimum Gasteiger partial charge on any atom is -0.493 e. The predicted octanol–water partition coefficient (Wildman–Crippen LogP) is 4.87. The van der Waals surface area contributed by atoms with Gasteiger partial charge in [-0.2, -0.15) is 0 Å². The lowest BCUT2D eigenvalue weighted by atomic mass is 10.0. The summed E-state index contributed by atoms with van der Waals surface area (Å²) in [5, 5.41) is 3.55. The van der Waals surface area contributed by atoms with Crippen molar-refractivity contribution >= 4 is 11.6 Å². The number of anilines is 1. The average Bonchev–Trinajstić information content (AvgIpc) is 3.29. The molecule has 0 aliphatic carbocycles. The molecular weight excluding hydrogens is 392 g/mol. The molecule has 2 aromatic carbocycles. The van der Waals surface area contributed by atoms with Gasteiger partial charge in [0.25, 0.3) is 5.91 Å². The number of ether oxygens (including phenoxy) is 3. The number of nitrogens with zero attached hydrogens (tertiary/aromatic N) is 1. The van der Waals surface area contributed by atoms with Crippen molar-refractivity contribution in [2.75, 3.05) is 32.2 Å². The highest BCUT2D eigenvalue weighted by Gasteiger charge is 2.35. The van der Waals surface area contributed by atoms with Gasteiger partial charge in [0.2, 0.25) is 0 Å². The Morgan fingerprint density at radius 3 is 2.77 bits per heavy atom. The lowest BCUT2D eigenvalue weighted by Gasteiger charge is -2.39. The number of rotatable bonds is 8. The molecule has 6 heteroatoms. The summed E-state index contributed by atoms with van der Waals surface area (Å²) in [5.74, 6) is 1.99. The van der Waals surface area contributed by atoms with Crippen LogP contribution in [0.2, 0.25) is 0 Å². The van der Waals surface area contributed by atoms with E-state index in [2.05, 4.69) is 19.2 Å². The maximum Gasteiger partial charge on any atom is 0.257 e. The zero-order valence-electron chi connectivity index (χ0n) is 18.6. The summed E-state index contributed by atoms with van der Waals surface area (Å²) >= 11 is 0. The quantitative estimate of drug-likeness (QED) is 0.655. The molecule has 0 radical (unpaired) electrons. The van der Waals surface area contributed by atoms with Gasteiger partial charge in [-0.05, 0) is 55.0 Å². The van der Waals surface area contributed by atoms with Gasteiger partial charge in [0.1, 0.15) is 6.17 Å². The number of nitrogens with one attached hydrogen (secondary N) is 1. The molecule has 0 spiro atoms. The van der Waals surface area contributed by atoms with Crippen LogP contribution in [0, 0.1) is 5.92 Å². The second-order valence-corrected chi connectivity index (χ2v) is 8.63. The Bertz CT molecular complexity index is 908. The monoisotopic (exact) mass is 424 g/mol. The predicted molar refractivity (Wildman–Crippen MR) is 121 cm³/mol. The van der Waals surface area contributed by atoms with E-state index in [0.29, 0.717) is 30.4 Å². The standard InChI is InChI=1S/C25H32N2O4/c1-17(2)12-14-31-22-11-10-18(15-23(22)29-3)24-26-21-9-5-4-8-20(21)25(28)27(24)16-19-7-6-13-30-19/h4-5,8-11,15,17,19,24,26H,6-7,12-14,16H2,1-3H3. The molecule has 4 rings (SSSR count). The van der Waals surface area contributed by atoms with Crippen LogP contribution in [0.1, 0.15) is 55.2 Å². The van der Waals surface area contributed by atoms with Crippen LogP contribution in [0.25, 0.3) is 0 Å². The Labute approximate surface area is 184 Å². The second-order valence-electron chi connectivity index (χ2n) is 8.63. The molecule has 2 unspecified atom stereocenters. The van der Waals surface area contributed by atoms with Crippen LogP contribution in [0.15, 0.2) is 42.5 Å². The maximum atomic E-state index is 13.4. The van der Waals surface area contributed by atoms with Crippen molar-refractivity contribution in [3.05, 3.63) is 53.6 Å². The molecule has 166 valence electrons. The molecule has 2 aliphatic heterocycles. The minimum atomic E-state index is -0.301. The summed E-state index contributed by atoms with van der Waals surface area (Å²) in [6, 6.07) is 13.6. The second kappa shape index (κ2) is 9.60. The molecule has 6 nitrogen and oxygen atoms in total. The van der Waals surface area contributed by atoms with Crippen LogP contribution >= 0.6 is 0 Å². The molecule has 0 aromatic heterocycles. The zero-order valence-corrected chi connectivity index (χ0v) is 18.6. The van der Waals surface area contributed by atoms with E-state index in [-0.39, 0.29) is 18.2 Å². The van der Waals surface area contributed by atoms with Crippen LogP contribution in [-0.2, 0) is 4.74 Å². The molecule has 2 aliphatic rings. The third-order valence-corrected chi connectivity index (χ3v) is 5.90. The van der Waals surface area contributed by atoms with Crippen LogP contribution in [0.5, 0.6) is 11.5 Å². The zero-order chi connectivity index (χ0) is 21.8. The van der Waals surface area contributed by atoms with Crippen molar-refractivity contribution in [2.45, 2.75) is 45.4 Å². The van der Waals surface area contributed by atoms with Crippen LogP contribution in [0.4, 0.5) is 5.69 Å². The number of para-hydroxylation sites is 1. The molecule has 2 atom stereocenters. The molecule has 0 bridgehead atoms. The molecule has 2 heterocycles. The topological polar surface area (TPSA) is 60.0 Å². The van der Waals surface area contributed by atoms with Gasteiger partial charge in [-0.15, -0.1) is 0 Å². The molecule has 1 saturated heterocycles. The fourth-order valence-electron chi connectivity index (χ4n) is 4.13. The van der Waals surface area contributed by atoms with Crippen LogP contribution < -0.4 is 14.8 Å². The fraction of sp³-hybridized carbons (Fsp3) is 0.480. The summed E-state index contributed by atoms with van der Waals surface area (Å²) < 4.78 is 17.4. The number of methoxy groups -OCH3 is 1. The first-order chi connectivity index (χ1) is 15.1. The number of carbonyl (C=O) groups excluding carboxylic acids is 1. The van der Waals surface area contributed by atoms with E-state index >= 15 is 0 Å². The SMILES string of the molecule is COc1cc(C2Nc3ccccc3C(=O)N2CC2CCCO2)ccc1OCCC(C)C. The normalized spacial score (nSPS) is 20.5. The van der Waals surface area contributed by atoms with E-state index < -0.39 is 0 Å². The Hall–Kier alpha value is -2.73. The van der Waals surface area contributed by atoms with E-state index in [4.69, 9.17) is 14.2 Å². The lowest BCUT2D eigenvalue weighted by molar-refractivity contribution is 0.0426. The first kappa shape index (κ1) is 21.5. The Morgan fingerprint density at radius 1 is 1.19 bits per heavy atom. The molecule has 1 fully saturated rings. The van der Waals surface area contributed by atoms with Crippen molar-refractivity contribution in [1.82, 2.24) is 4.90 Å². The first-order valence-corrected chi connectivity index (χ1v) is 11.2.